The summed E-state index contributed by atoms with van der Waals surface area (Å²) < 4.78 is 26.6. The highest BCUT2D eigenvalue weighted by molar-refractivity contribution is 5.18. The van der Waals surface area contributed by atoms with Crippen LogP contribution in [0.25, 0.3) is 0 Å². The van der Waals surface area contributed by atoms with Gasteiger partial charge in [-0.05, 0) is 38.2 Å². The highest BCUT2D eigenvalue weighted by Crippen LogP contribution is 2.16. The Hall–Kier alpha value is -1.00. The van der Waals surface area contributed by atoms with E-state index in [9.17, 15) is 8.78 Å². The molecule has 1 atom stereocenters. The third kappa shape index (κ3) is 4.84. The summed E-state index contributed by atoms with van der Waals surface area (Å²) >= 11 is 0. The van der Waals surface area contributed by atoms with E-state index in [0.717, 1.165) is 25.5 Å². The number of nitrogens with one attached hydrogen (secondary N) is 1. The summed E-state index contributed by atoms with van der Waals surface area (Å²) in [6.07, 6.45) is 2.24. The van der Waals surface area contributed by atoms with Gasteiger partial charge in [0.15, 0.2) is 0 Å². The summed E-state index contributed by atoms with van der Waals surface area (Å²) in [5, 5.41) is 3.25. The maximum atomic E-state index is 13.5. The number of hydrogen-bond donors (Lipinski definition) is 1. The maximum Gasteiger partial charge on any atom is 0.127 e. The van der Waals surface area contributed by atoms with Crippen molar-refractivity contribution < 1.29 is 8.78 Å². The zero-order chi connectivity index (χ0) is 15.1. The van der Waals surface area contributed by atoms with Crippen molar-refractivity contribution in [2.45, 2.75) is 39.3 Å². The van der Waals surface area contributed by atoms with Gasteiger partial charge in [0.1, 0.15) is 11.6 Å². The van der Waals surface area contributed by atoms with Gasteiger partial charge in [0.25, 0.3) is 0 Å². The van der Waals surface area contributed by atoms with Gasteiger partial charge in [0, 0.05) is 24.7 Å². The summed E-state index contributed by atoms with van der Waals surface area (Å²) in [5.41, 5.74) is 0.382. The van der Waals surface area contributed by atoms with E-state index < -0.39 is 5.82 Å². The van der Waals surface area contributed by atoms with Crippen LogP contribution in [0.5, 0.6) is 0 Å². The lowest BCUT2D eigenvalue weighted by Gasteiger charge is -2.31. The molecule has 0 fully saturated rings. The third-order valence-corrected chi connectivity index (χ3v) is 3.93. The lowest BCUT2D eigenvalue weighted by molar-refractivity contribution is 0.193. The standard InChI is InChI=1S/C16H26F2N2/c1-5-12(6-2)16(20(3)4)11-19-10-13-9-14(17)7-8-15(13)18/h7-9,12,16,19H,5-6,10-11H2,1-4H3. The van der Waals surface area contributed by atoms with Gasteiger partial charge in [0.2, 0.25) is 0 Å². The van der Waals surface area contributed by atoms with Crippen molar-refractivity contribution in [1.82, 2.24) is 10.2 Å². The largest absolute Gasteiger partial charge is 0.311 e. The smallest absolute Gasteiger partial charge is 0.127 e. The van der Waals surface area contributed by atoms with Gasteiger partial charge < -0.3 is 10.2 Å². The molecular weight excluding hydrogens is 258 g/mol. The first-order valence-corrected chi connectivity index (χ1v) is 7.30. The molecule has 0 aliphatic rings. The van der Waals surface area contributed by atoms with Gasteiger partial charge >= 0.3 is 0 Å². The van der Waals surface area contributed by atoms with Crippen molar-refractivity contribution >= 4 is 0 Å². The number of rotatable bonds is 8. The van der Waals surface area contributed by atoms with E-state index in [2.05, 4.69) is 38.2 Å². The van der Waals surface area contributed by atoms with E-state index in [1.165, 1.54) is 12.1 Å². The fourth-order valence-electron chi connectivity index (χ4n) is 2.64. The van der Waals surface area contributed by atoms with Crippen molar-refractivity contribution in [1.29, 1.82) is 0 Å². The number of benzene rings is 1. The minimum Gasteiger partial charge on any atom is -0.311 e. The van der Waals surface area contributed by atoms with Crippen molar-refractivity contribution in [2.75, 3.05) is 20.6 Å². The Morgan fingerprint density at radius 3 is 2.35 bits per heavy atom. The van der Waals surface area contributed by atoms with Crippen molar-refractivity contribution in [3.8, 4) is 0 Å². The molecule has 2 nitrogen and oxygen atoms in total. The van der Waals surface area contributed by atoms with Gasteiger partial charge in [-0.3, -0.25) is 0 Å². The average Bonchev–Trinajstić information content (AvgIpc) is 2.41. The summed E-state index contributed by atoms with van der Waals surface area (Å²) in [6, 6.07) is 3.98. The van der Waals surface area contributed by atoms with E-state index in [-0.39, 0.29) is 5.82 Å². The first-order valence-electron chi connectivity index (χ1n) is 7.30. The number of nitrogens with zero attached hydrogens (tertiary/aromatic N) is 1. The van der Waals surface area contributed by atoms with E-state index >= 15 is 0 Å². The molecule has 0 radical (unpaired) electrons. The van der Waals surface area contributed by atoms with Crippen LogP contribution in [0.1, 0.15) is 32.3 Å². The Bertz CT molecular complexity index is 403. The second kappa shape index (κ2) is 8.32. The zero-order valence-corrected chi connectivity index (χ0v) is 12.9. The van der Waals surface area contributed by atoms with E-state index in [1.54, 1.807) is 0 Å². The molecule has 1 unspecified atom stereocenters. The molecule has 0 aliphatic carbocycles. The summed E-state index contributed by atoms with van der Waals surface area (Å²) in [5.74, 6) is -0.148. The van der Waals surface area contributed by atoms with Crippen LogP contribution in [0.3, 0.4) is 0 Å². The monoisotopic (exact) mass is 284 g/mol. The van der Waals surface area contributed by atoms with Crippen LogP contribution in [0, 0.1) is 17.6 Å². The van der Waals surface area contributed by atoms with Crippen molar-refractivity contribution in [2.24, 2.45) is 5.92 Å². The number of likely N-dealkylation sites (N-methyl/N-ethyl adjacent to an activating group) is 1. The molecule has 0 saturated heterocycles. The van der Waals surface area contributed by atoms with Crippen molar-refractivity contribution in [3.63, 3.8) is 0 Å². The molecule has 0 aliphatic heterocycles. The van der Waals surface area contributed by atoms with E-state index in [1.807, 2.05) is 0 Å². The zero-order valence-electron chi connectivity index (χ0n) is 12.9. The molecule has 0 bridgehead atoms. The van der Waals surface area contributed by atoms with E-state index in [0.29, 0.717) is 24.1 Å². The predicted octanol–water partition coefficient (Wildman–Crippen LogP) is 3.42. The fourth-order valence-corrected chi connectivity index (χ4v) is 2.64. The second-order valence-electron chi connectivity index (χ2n) is 5.47. The molecule has 0 aromatic heterocycles. The summed E-state index contributed by atoms with van der Waals surface area (Å²) in [4.78, 5) is 2.20. The number of hydrogen-bond acceptors (Lipinski definition) is 2. The Balaban J connectivity index is 2.58. The lowest BCUT2D eigenvalue weighted by Crippen LogP contribution is -2.42. The molecule has 0 heterocycles. The van der Waals surface area contributed by atoms with Gasteiger partial charge in [0.05, 0.1) is 0 Å². The predicted molar refractivity (Wildman–Crippen MR) is 79.6 cm³/mol. The van der Waals surface area contributed by atoms with E-state index in [4.69, 9.17) is 0 Å². The first-order chi connectivity index (χ1) is 9.49. The Labute approximate surface area is 121 Å². The minimum atomic E-state index is -0.396. The topological polar surface area (TPSA) is 15.3 Å². The van der Waals surface area contributed by atoms with Gasteiger partial charge in [-0.25, -0.2) is 8.78 Å². The lowest BCUT2D eigenvalue weighted by atomic mass is 9.93. The summed E-state index contributed by atoms with van der Waals surface area (Å²) in [6.45, 7) is 5.51. The van der Waals surface area contributed by atoms with Crippen LogP contribution in [0.2, 0.25) is 0 Å². The SMILES string of the molecule is CCC(CC)C(CNCc1cc(F)ccc1F)N(C)C. The minimum absolute atomic E-state index is 0.355. The quantitative estimate of drug-likeness (QED) is 0.787. The highest BCUT2D eigenvalue weighted by Gasteiger charge is 2.20. The molecule has 1 rings (SSSR count). The van der Waals surface area contributed by atoms with Gasteiger partial charge in [-0.15, -0.1) is 0 Å². The molecule has 0 amide bonds. The van der Waals surface area contributed by atoms with Crippen LogP contribution in [0.4, 0.5) is 8.78 Å². The van der Waals surface area contributed by atoms with Crippen LogP contribution in [0.15, 0.2) is 18.2 Å². The second-order valence-corrected chi connectivity index (χ2v) is 5.47. The molecule has 114 valence electrons. The Kier molecular flexibility index (Phi) is 7.10. The van der Waals surface area contributed by atoms with Crippen LogP contribution >= 0.6 is 0 Å². The molecule has 1 N–H and O–H groups in total. The van der Waals surface area contributed by atoms with Crippen molar-refractivity contribution in [3.05, 3.63) is 35.4 Å². The Morgan fingerprint density at radius 1 is 1.15 bits per heavy atom. The Morgan fingerprint density at radius 2 is 1.80 bits per heavy atom. The molecule has 0 spiro atoms. The third-order valence-electron chi connectivity index (χ3n) is 3.93. The molecule has 1 aromatic rings. The molecule has 4 heteroatoms. The van der Waals surface area contributed by atoms with Crippen LogP contribution < -0.4 is 5.32 Å². The van der Waals surface area contributed by atoms with Crippen LogP contribution in [-0.2, 0) is 6.54 Å². The normalized spacial score (nSPS) is 13.2. The molecular formula is C16H26F2N2. The average molecular weight is 284 g/mol. The fraction of sp³-hybridized carbons (Fsp3) is 0.625. The molecule has 20 heavy (non-hydrogen) atoms. The van der Waals surface area contributed by atoms with Gasteiger partial charge in [-0.2, -0.15) is 0 Å². The van der Waals surface area contributed by atoms with Crippen LogP contribution in [-0.4, -0.2) is 31.6 Å². The maximum absolute atomic E-state index is 13.5. The first kappa shape index (κ1) is 17.1. The molecule has 1 aromatic carbocycles. The summed E-state index contributed by atoms with van der Waals surface area (Å²) in [7, 11) is 4.13. The number of halogens is 2. The molecule has 0 saturated carbocycles. The highest BCUT2D eigenvalue weighted by atomic mass is 19.1. The van der Waals surface area contributed by atoms with Gasteiger partial charge in [-0.1, -0.05) is 26.7 Å².